The zero-order valence-electron chi connectivity index (χ0n) is 19.1. The summed E-state index contributed by atoms with van der Waals surface area (Å²) in [7, 11) is 1.57. The van der Waals surface area contributed by atoms with Crippen molar-refractivity contribution in [3.05, 3.63) is 82.1 Å². The number of nitrogens with one attached hydrogen (secondary N) is 2. The van der Waals surface area contributed by atoms with E-state index in [1.807, 2.05) is 25.1 Å². The van der Waals surface area contributed by atoms with Crippen LogP contribution in [0.3, 0.4) is 0 Å². The van der Waals surface area contributed by atoms with Crippen molar-refractivity contribution in [1.29, 1.82) is 0 Å². The van der Waals surface area contributed by atoms with Gasteiger partial charge in [-0.3, -0.25) is 0 Å². The van der Waals surface area contributed by atoms with Gasteiger partial charge in [0, 0.05) is 40.1 Å². The van der Waals surface area contributed by atoms with E-state index in [0.717, 1.165) is 44.2 Å². The molecule has 2 N–H and O–H groups in total. The lowest BCUT2D eigenvalue weighted by molar-refractivity contribution is 0.413. The molecule has 4 rings (SSSR count). The number of benzene rings is 3. The molecule has 0 saturated heterocycles. The van der Waals surface area contributed by atoms with Gasteiger partial charge in [0.1, 0.15) is 11.6 Å². The number of ether oxygens (including phenoxy) is 1. The van der Waals surface area contributed by atoms with Gasteiger partial charge in [0.15, 0.2) is 0 Å². The van der Waals surface area contributed by atoms with Gasteiger partial charge in [-0.1, -0.05) is 29.8 Å². The van der Waals surface area contributed by atoms with Crippen LogP contribution in [0.4, 0.5) is 15.8 Å². The highest BCUT2D eigenvalue weighted by molar-refractivity contribution is 6.31. The van der Waals surface area contributed by atoms with Crippen LogP contribution >= 0.6 is 11.6 Å². The summed E-state index contributed by atoms with van der Waals surface area (Å²) < 4.78 is 19.4. The summed E-state index contributed by atoms with van der Waals surface area (Å²) in [5.74, 6) is 0.188. The van der Waals surface area contributed by atoms with Crippen molar-refractivity contribution in [3.63, 3.8) is 0 Å². The van der Waals surface area contributed by atoms with Crippen LogP contribution in [0.5, 0.6) is 5.75 Å². The summed E-state index contributed by atoms with van der Waals surface area (Å²) in [5, 5.41) is 7.92. The second-order valence-electron chi connectivity index (χ2n) is 8.80. The quantitative estimate of drug-likeness (QED) is 0.418. The number of halogens is 2. The predicted octanol–water partition coefficient (Wildman–Crippen LogP) is 7.68. The molecular weight excluding hydrogens is 423 g/mol. The van der Waals surface area contributed by atoms with Crippen LogP contribution in [0.25, 0.3) is 16.7 Å². The van der Waals surface area contributed by atoms with Crippen molar-refractivity contribution in [2.75, 3.05) is 17.7 Å². The van der Waals surface area contributed by atoms with Crippen LogP contribution in [-0.2, 0) is 6.54 Å². The highest BCUT2D eigenvalue weighted by atomic mass is 35.5. The van der Waals surface area contributed by atoms with E-state index in [1.54, 1.807) is 13.2 Å². The molecule has 0 saturated carbocycles. The lowest BCUT2D eigenvalue weighted by Gasteiger charge is -2.33. The van der Waals surface area contributed by atoms with Crippen molar-refractivity contribution in [1.82, 2.24) is 0 Å². The Labute approximate surface area is 194 Å². The molecule has 0 aromatic heterocycles. The smallest absolute Gasteiger partial charge is 0.129 e. The first kappa shape index (κ1) is 22.2. The van der Waals surface area contributed by atoms with Crippen LogP contribution < -0.4 is 15.4 Å². The van der Waals surface area contributed by atoms with E-state index in [9.17, 15) is 4.39 Å². The van der Waals surface area contributed by atoms with E-state index < -0.39 is 0 Å². The first-order chi connectivity index (χ1) is 15.2. The fraction of sp³-hybridized carbons (Fsp3) is 0.259. The third kappa shape index (κ3) is 4.20. The molecule has 0 unspecified atom stereocenters. The molecule has 0 aliphatic carbocycles. The Morgan fingerprint density at radius 3 is 2.56 bits per heavy atom. The minimum Gasteiger partial charge on any atom is -0.496 e. The molecule has 0 bridgehead atoms. The normalized spacial score (nSPS) is 14.3. The van der Waals surface area contributed by atoms with Gasteiger partial charge >= 0.3 is 0 Å². The molecule has 1 heterocycles. The fourth-order valence-electron chi connectivity index (χ4n) is 4.51. The number of rotatable bonds is 5. The zero-order valence-corrected chi connectivity index (χ0v) is 19.8. The molecule has 0 spiro atoms. The van der Waals surface area contributed by atoms with Crippen molar-refractivity contribution in [2.24, 2.45) is 0 Å². The van der Waals surface area contributed by atoms with Gasteiger partial charge in [0.25, 0.3) is 0 Å². The third-order valence-electron chi connectivity index (χ3n) is 5.92. The van der Waals surface area contributed by atoms with Crippen LogP contribution in [0, 0.1) is 12.7 Å². The number of fused-ring (bicyclic) bond motifs is 1. The standard InChI is InChI=1S/C27H28ClFN2O/c1-16-14-27(3,4)31-24-12-11-19(20-10-9-18(29)13-25(20)32-5)21(26(16)24)15-30-23-8-6-7-22(28)17(23)2/h6-14,30-31H,15H2,1-5H3. The molecular formula is C27H28ClFN2O. The first-order valence-electron chi connectivity index (χ1n) is 10.7. The van der Waals surface area contributed by atoms with Gasteiger partial charge in [-0.15, -0.1) is 0 Å². The second kappa shape index (κ2) is 8.51. The van der Waals surface area contributed by atoms with E-state index in [1.165, 1.54) is 17.7 Å². The molecule has 1 aliphatic heterocycles. The topological polar surface area (TPSA) is 33.3 Å². The molecule has 3 aromatic rings. The van der Waals surface area contributed by atoms with Gasteiger partial charge < -0.3 is 15.4 Å². The Bertz CT molecular complexity index is 1220. The maximum absolute atomic E-state index is 13.9. The second-order valence-corrected chi connectivity index (χ2v) is 9.21. The number of hydrogen-bond acceptors (Lipinski definition) is 3. The molecule has 0 fully saturated rings. The molecule has 32 heavy (non-hydrogen) atoms. The van der Waals surface area contributed by atoms with Crippen molar-refractivity contribution < 1.29 is 9.13 Å². The molecule has 166 valence electrons. The first-order valence-corrected chi connectivity index (χ1v) is 11.0. The number of allylic oxidation sites excluding steroid dienone is 1. The Morgan fingerprint density at radius 1 is 1.06 bits per heavy atom. The fourth-order valence-corrected chi connectivity index (χ4v) is 4.68. The van der Waals surface area contributed by atoms with E-state index in [2.05, 4.69) is 49.6 Å². The largest absolute Gasteiger partial charge is 0.496 e. The molecule has 0 atom stereocenters. The lowest BCUT2D eigenvalue weighted by Crippen LogP contribution is -2.32. The van der Waals surface area contributed by atoms with Gasteiger partial charge in [0.2, 0.25) is 0 Å². The summed E-state index contributed by atoms with van der Waals surface area (Å²) in [6.07, 6.45) is 2.25. The van der Waals surface area contributed by atoms with Gasteiger partial charge in [-0.2, -0.15) is 0 Å². The molecule has 3 aromatic carbocycles. The summed E-state index contributed by atoms with van der Waals surface area (Å²) in [5.41, 5.74) is 8.26. The molecule has 0 radical (unpaired) electrons. The van der Waals surface area contributed by atoms with Crippen molar-refractivity contribution >= 4 is 28.5 Å². The zero-order chi connectivity index (χ0) is 23.0. The maximum atomic E-state index is 13.9. The Hall–Kier alpha value is -2.98. The van der Waals surface area contributed by atoms with Crippen LogP contribution in [0.2, 0.25) is 5.02 Å². The Morgan fingerprint density at radius 2 is 1.81 bits per heavy atom. The predicted molar refractivity (Wildman–Crippen MR) is 133 cm³/mol. The molecule has 1 aliphatic rings. The van der Waals surface area contributed by atoms with E-state index in [4.69, 9.17) is 16.3 Å². The minimum atomic E-state index is -0.322. The average molecular weight is 451 g/mol. The van der Waals surface area contributed by atoms with Gasteiger partial charge in [0.05, 0.1) is 12.6 Å². The van der Waals surface area contributed by atoms with Crippen LogP contribution in [-0.4, -0.2) is 12.6 Å². The Balaban J connectivity index is 1.88. The number of anilines is 2. The van der Waals surface area contributed by atoms with Crippen LogP contribution in [0.15, 0.2) is 54.6 Å². The molecule has 3 nitrogen and oxygen atoms in total. The van der Waals surface area contributed by atoms with Crippen molar-refractivity contribution in [2.45, 2.75) is 39.8 Å². The minimum absolute atomic E-state index is 0.138. The van der Waals surface area contributed by atoms with Gasteiger partial charge in [-0.25, -0.2) is 4.39 Å². The summed E-state index contributed by atoms with van der Waals surface area (Å²) in [4.78, 5) is 0. The van der Waals surface area contributed by atoms with E-state index >= 15 is 0 Å². The van der Waals surface area contributed by atoms with E-state index in [-0.39, 0.29) is 11.4 Å². The van der Waals surface area contributed by atoms with Gasteiger partial charge in [-0.05, 0) is 80.3 Å². The summed E-state index contributed by atoms with van der Waals surface area (Å²) in [6.45, 7) is 9.03. The highest BCUT2D eigenvalue weighted by Crippen LogP contribution is 2.42. The van der Waals surface area contributed by atoms with Crippen LogP contribution in [0.1, 0.15) is 37.5 Å². The molecule has 0 amide bonds. The number of methoxy groups -OCH3 is 1. The van der Waals surface area contributed by atoms with E-state index in [0.29, 0.717) is 12.3 Å². The summed E-state index contributed by atoms with van der Waals surface area (Å²) >= 11 is 6.34. The maximum Gasteiger partial charge on any atom is 0.129 e. The third-order valence-corrected chi connectivity index (χ3v) is 6.33. The van der Waals surface area contributed by atoms with Crippen molar-refractivity contribution in [3.8, 4) is 16.9 Å². The SMILES string of the molecule is COc1cc(F)ccc1-c1ccc2c(c1CNc1cccc(Cl)c1C)C(C)=CC(C)(C)N2. The average Bonchev–Trinajstić information content (AvgIpc) is 2.73. The summed E-state index contributed by atoms with van der Waals surface area (Å²) in [6, 6.07) is 14.7. The molecule has 5 heteroatoms. The highest BCUT2D eigenvalue weighted by Gasteiger charge is 2.26. The lowest BCUT2D eigenvalue weighted by atomic mass is 9.85. The Kier molecular flexibility index (Phi) is 5.91. The number of hydrogen-bond donors (Lipinski definition) is 2. The monoisotopic (exact) mass is 450 g/mol.